The minimum absolute atomic E-state index is 0.431. The highest BCUT2D eigenvalue weighted by molar-refractivity contribution is 7.92. The molecular formula is C18H27N4O3S+. The van der Waals surface area contributed by atoms with Gasteiger partial charge in [0, 0.05) is 30.5 Å². The van der Waals surface area contributed by atoms with Crippen LogP contribution in [0.5, 0.6) is 0 Å². The molecule has 0 amide bonds. The lowest BCUT2D eigenvalue weighted by Gasteiger charge is -2.25. The van der Waals surface area contributed by atoms with E-state index >= 15 is 0 Å². The van der Waals surface area contributed by atoms with Gasteiger partial charge in [-0.05, 0) is 31.9 Å². The Morgan fingerprint density at radius 3 is 2.77 bits per heavy atom. The lowest BCUT2D eigenvalue weighted by Crippen LogP contribution is -2.36. The van der Waals surface area contributed by atoms with Gasteiger partial charge in [-0.2, -0.15) is 4.59 Å². The van der Waals surface area contributed by atoms with E-state index in [-0.39, 0.29) is 0 Å². The molecule has 0 spiro atoms. The van der Waals surface area contributed by atoms with Gasteiger partial charge in [0.2, 0.25) is 10.0 Å². The molecule has 1 aromatic carbocycles. The summed E-state index contributed by atoms with van der Waals surface area (Å²) in [6.07, 6.45) is 7.22. The van der Waals surface area contributed by atoms with Gasteiger partial charge < -0.3 is 10.1 Å². The topological polar surface area (TPSA) is 79.8 Å². The monoisotopic (exact) mass is 379 g/mol. The van der Waals surface area contributed by atoms with Crippen molar-refractivity contribution in [3.8, 4) is 0 Å². The molecule has 1 aromatic rings. The van der Waals surface area contributed by atoms with Gasteiger partial charge in [0.05, 0.1) is 6.26 Å². The summed E-state index contributed by atoms with van der Waals surface area (Å²) in [6.45, 7) is 5.19. The molecule has 2 N–H and O–H groups in total. The zero-order valence-electron chi connectivity index (χ0n) is 15.3. The predicted octanol–water partition coefficient (Wildman–Crippen LogP) is 2.00. The van der Waals surface area contributed by atoms with Crippen LogP contribution in [0.2, 0.25) is 0 Å². The zero-order chi connectivity index (χ0) is 18.6. The third-order valence-electron chi connectivity index (χ3n) is 4.63. The van der Waals surface area contributed by atoms with Gasteiger partial charge >= 0.3 is 0 Å². The molecule has 1 fully saturated rings. The van der Waals surface area contributed by atoms with Crippen molar-refractivity contribution in [2.45, 2.75) is 32.4 Å². The summed E-state index contributed by atoms with van der Waals surface area (Å²) >= 11 is 0. The normalized spacial score (nSPS) is 23.7. The third kappa shape index (κ3) is 5.06. The Hall–Kier alpha value is -1.90. The summed E-state index contributed by atoms with van der Waals surface area (Å²) in [5.74, 6) is 0. The first-order valence-electron chi connectivity index (χ1n) is 8.94. The molecule has 26 heavy (non-hydrogen) atoms. The van der Waals surface area contributed by atoms with Crippen LogP contribution in [0.25, 0.3) is 0 Å². The fraction of sp³-hybridized carbons (Fsp3) is 0.500. The van der Waals surface area contributed by atoms with E-state index in [2.05, 4.69) is 23.2 Å². The van der Waals surface area contributed by atoms with Crippen LogP contribution in [0.1, 0.15) is 25.3 Å². The molecule has 0 aromatic heterocycles. The van der Waals surface area contributed by atoms with Gasteiger partial charge in [-0.3, -0.25) is 4.72 Å². The lowest BCUT2D eigenvalue weighted by atomic mass is 10.1. The van der Waals surface area contributed by atoms with Crippen LogP contribution in [-0.2, 0) is 21.3 Å². The van der Waals surface area contributed by atoms with Crippen LogP contribution < -0.4 is 10.0 Å². The van der Waals surface area contributed by atoms with E-state index in [1.54, 1.807) is 6.07 Å². The first kappa shape index (κ1) is 18.9. The van der Waals surface area contributed by atoms with Crippen LogP contribution in [0.3, 0.4) is 0 Å². The van der Waals surface area contributed by atoms with Crippen molar-refractivity contribution in [2.75, 3.05) is 30.7 Å². The van der Waals surface area contributed by atoms with Crippen molar-refractivity contribution < 1.29 is 17.7 Å². The average Bonchev–Trinajstić information content (AvgIpc) is 2.98. The van der Waals surface area contributed by atoms with E-state index in [1.165, 1.54) is 0 Å². The number of quaternary nitrogens is 1. The van der Waals surface area contributed by atoms with Crippen molar-refractivity contribution in [1.29, 1.82) is 0 Å². The summed E-state index contributed by atoms with van der Waals surface area (Å²) < 4.78 is 31.3. The Labute approximate surface area is 155 Å². The number of hydrogen-bond donors (Lipinski definition) is 2. The van der Waals surface area contributed by atoms with E-state index in [0.29, 0.717) is 22.9 Å². The minimum Gasteiger partial charge on any atom is -0.381 e. The number of anilines is 1. The van der Waals surface area contributed by atoms with Gasteiger partial charge in [-0.25, -0.2) is 8.42 Å². The van der Waals surface area contributed by atoms with Crippen molar-refractivity contribution >= 4 is 21.9 Å². The van der Waals surface area contributed by atoms with Gasteiger partial charge in [-0.1, -0.05) is 17.2 Å². The number of sulfonamides is 1. The fourth-order valence-electron chi connectivity index (χ4n) is 3.29. The molecule has 0 radical (unpaired) electrons. The summed E-state index contributed by atoms with van der Waals surface area (Å²) in [5, 5.41) is 8.28. The van der Waals surface area contributed by atoms with Gasteiger partial charge in [0.1, 0.15) is 31.2 Å². The molecule has 1 saturated heterocycles. The van der Waals surface area contributed by atoms with Crippen LogP contribution in [0.15, 0.2) is 41.3 Å². The van der Waals surface area contributed by atoms with Crippen LogP contribution in [-0.4, -0.2) is 51.3 Å². The van der Waals surface area contributed by atoms with Crippen LogP contribution in [0, 0.1) is 0 Å². The first-order chi connectivity index (χ1) is 12.4. The largest absolute Gasteiger partial charge is 0.381 e. The molecule has 2 aliphatic heterocycles. The Morgan fingerprint density at radius 1 is 1.31 bits per heavy atom. The summed E-state index contributed by atoms with van der Waals surface area (Å²) in [5.41, 5.74) is 2.65. The minimum atomic E-state index is -3.28. The van der Waals surface area contributed by atoms with Crippen molar-refractivity contribution in [1.82, 2.24) is 5.32 Å². The van der Waals surface area contributed by atoms with Gasteiger partial charge in [0.15, 0.2) is 0 Å². The second-order valence-corrected chi connectivity index (χ2v) is 8.64. The number of rotatable bonds is 7. The van der Waals surface area contributed by atoms with Crippen LogP contribution >= 0.6 is 0 Å². The first-order valence-corrected chi connectivity index (χ1v) is 10.8. The highest BCUT2D eigenvalue weighted by Crippen LogP contribution is 2.24. The fourth-order valence-corrected chi connectivity index (χ4v) is 3.84. The number of allylic oxidation sites excluding steroid dienone is 1. The summed E-state index contributed by atoms with van der Waals surface area (Å²) in [4.78, 5) is 0. The SMILES string of the molecule is CC[N+]1(Cc2cccc(NS(C)(=O)=O)c2)C=C(NC2CCOCC2)C=N1. The molecule has 0 aliphatic carbocycles. The Kier molecular flexibility index (Phi) is 5.64. The maximum atomic E-state index is 11.4. The molecule has 1 unspecified atom stereocenters. The highest BCUT2D eigenvalue weighted by atomic mass is 32.2. The molecule has 2 aliphatic rings. The number of nitrogens with zero attached hydrogens (tertiary/aromatic N) is 2. The molecular weight excluding hydrogens is 352 g/mol. The standard InChI is InChI=1S/C18H27N4O3S/c1-3-22(13-15-5-4-6-17(11-15)21-26(2,23)24)14-18(12-19-22)20-16-7-9-25-10-8-16/h4-6,11-12,14,16,20-21H,3,7-10,13H2,1-2H3/q+1. The molecule has 142 valence electrons. The van der Waals surface area contributed by atoms with Crippen molar-refractivity contribution in [2.24, 2.45) is 5.10 Å². The zero-order valence-corrected chi connectivity index (χ0v) is 16.1. The van der Waals surface area contributed by atoms with E-state index in [9.17, 15) is 8.42 Å². The smallest absolute Gasteiger partial charge is 0.229 e. The van der Waals surface area contributed by atoms with E-state index < -0.39 is 10.0 Å². The summed E-state index contributed by atoms with van der Waals surface area (Å²) in [6, 6.07) is 7.91. The van der Waals surface area contributed by atoms with Crippen molar-refractivity contribution in [3.05, 3.63) is 41.7 Å². The van der Waals surface area contributed by atoms with E-state index in [0.717, 1.165) is 50.1 Å². The number of ether oxygens (including phenoxy) is 1. The number of nitrogens with one attached hydrogen (secondary N) is 2. The molecule has 0 bridgehead atoms. The van der Waals surface area contributed by atoms with E-state index in [1.807, 2.05) is 24.4 Å². The predicted molar refractivity (Wildman–Crippen MR) is 103 cm³/mol. The molecule has 3 rings (SSSR count). The maximum Gasteiger partial charge on any atom is 0.229 e. The second-order valence-electron chi connectivity index (χ2n) is 6.90. The van der Waals surface area contributed by atoms with Gasteiger partial charge in [-0.15, -0.1) is 0 Å². The average molecular weight is 380 g/mol. The maximum absolute atomic E-state index is 11.4. The third-order valence-corrected chi connectivity index (χ3v) is 5.24. The highest BCUT2D eigenvalue weighted by Gasteiger charge is 2.30. The van der Waals surface area contributed by atoms with Crippen molar-refractivity contribution in [3.63, 3.8) is 0 Å². The molecule has 7 nitrogen and oxygen atoms in total. The molecule has 2 heterocycles. The second kappa shape index (κ2) is 7.77. The molecule has 1 atom stereocenters. The summed E-state index contributed by atoms with van der Waals surface area (Å²) in [7, 11) is -3.28. The molecule has 8 heteroatoms. The molecule has 0 saturated carbocycles. The number of benzene rings is 1. The van der Waals surface area contributed by atoms with Crippen LogP contribution in [0.4, 0.5) is 5.69 Å². The van der Waals surface area contributed by atoms with E-state index in [4.69, 9.17) is 9.84 Å². The quantitative estimate of drug-likeness (QED) is 0.710. The Morgan fingerprint density at radius 2 is 2.08 bits per heavy atom. The Balaban J connectivity index is 1.71. The number of hydrogen-bond acceptors (Lipinski definition) is 5. The Bertz CT molecular complexity index is 800. The van der Waals surface area contributed by atoms with Gasteiger partial charge in [0.25, 0.3) is 0 Å². The lowest BCUT2D eigenvalue weighted by molar-refractivity contribution is -0.895.